The summed E-state index contributed by atoms with van der Waals surface area (Å²) < 4.78 is 0. The van der Waals surface area contributed by atoms with Crippen LogP contribution < -0.4 is 5.32 Å². The SMILES string of the molecule is O=C(NC1CCCC1CBr)C1C2CCCCC21. The summed E-state index contributed by atoms with van der Waals surface area (Å²) in [6.07, 6.45) is 9.03. The van der Waals surface area contributed by atoms with Crippen LogP contribution in [0, 0.1) is 23.7 Å². The third-order valence-electron chi connectivity index (χ3n) is 5.14. The maximum atomic E-state index is 12.3. The molecule has 3 saturated carbocycles. The van der Waals surface area contributed by atoms with E-state index >= 15 is 0 Å². The zero-order valence-electron chi connectivity index (χ0n) is 10.3. The van der Waals surface area contributed by atoms with Gasteiger partial charge >= 0.3 is 0 Å². The summed E-state index contributed by atoms with van der Waals surface area (Å²) >= 11 is 3.57. The highest BCUT2D eigenvalue weighted by Crippen LogP contribution is 2.55. The smallest absolute Gasteiger partial charge is 0.223 e. The minimum Gasteiger partial charge on any atom is -0.353 e. The molecule has 0 aromatic rings. The Morgan fingerprint density at radius 3 is 2.41 bits per heavy atom. The molecule has 3 rings (SSSR count). The van der Waals surface area contributed by atoms with E-state index in [-0.39, 0.29) is 0 Å². The number of halogens is 1. The average Bonchev–Trinajstić information content (AvgIpc) is 2.92. The predicted molar refractivity (Wildman–Crippen MR) is 72.0 cm³/mol. The number of hydrogen-bond donors (Lipinski definition) is 1. The van der Waals surface area contributed by atoms with Crippen molar-refractivity contribution in [2.24, 2.45) is 23.7 Å². The van der Waals surface area contributed by atoms with Crippen molar-refractivity contribution in [1.82, 2.24) is 5.32 Å². The quantitative estimate of drug-likeness (QED) is 0.797. The van der Waals surface area contributed by atoms with Crippen LogP contribution in [-0.4, -0.2) is 17.3 Å². The van der Waals surface area contributed by atoms with E-state index in [0.29, 0.717) is 23.8 Å². The number of amides is 1. The van der Waals surface area contributed by atoms with Crippen LogP contribution in [0.25, 0.3) is 0 Å². The van der Waals surface area contributed by atoms with Crippen LogP contribution in [0.2, 0.25) is 0 Å². The molecule has 0 heterocycles. The van der Waals surface area contributed by atoms with Crippen LogP contribution in [0.15, 0.2) is 0 Å². The van der Waals surface area contributed by atoms with Crippen LogP contribution in [0.4, 0.5) is 0 Å². The Balaban J connectivity index is 1.54. The Labute approximate surface area is 112 Å². The molecule has 3 fully saturated rings. The molecule has 0 aromatic heterocycles. The van der Waals surface area contributed by atoms with Crippen molar-refractivity contribution in [3.63, 3.8) is 0 Å². The highest BCUT2D eigenvalue weighted by Gasteiger charge is 2.55. The number of rotatable bonds is 3. The largest absolute Gasteiger partial charge is 0.353 e. The minimum absolute atomic E-state index is 0.375. The molecule has 0 bridgehead atoms. The van der Waals surface area contributed by atoms with Crippen molar-refractivity contribution in [2.45, 2.75) is 51.0 Å². The molecule has 0 aliphatic heterocycles. The van der Waals surface area contributed by atoms with Crippen molar-refractivity contribution >= 4 is 21.8 Å². The number of carbonyl (C=O) groups excluding carboxylic acids is 1. The Bertz CT molecular complexity index is 295. The van der Waals surface area contributed by atoms with Gasteiger partial charge in [-0.3, -0.25) is 4.79 Å². The first-order valence-corrected chi connectivity index (χ1v) is 8.29. The van der Waals surface area contributed by atoms with E-state index in [1.807, 2.05) is 0 Å². The molecule has 0 spiro atoms. The number of carbonyl (C=O) groups is 1. The minimum atomic E-state index is 0.375. The Morgan fingerprint density at radius 1 is 1.06 bits per heavy atom. The standard InChI is InChI=1S/C14H22BrNO/c15-8-9-4-3-7-12(9)16-14(17)13-10-5-1-2-6-11(10)13/h9-13H,1-8H2,(H,16,17). The van der Waals surface area contributed by atoms with Crippen molar-refractivity contribution in [3.8, 4) is 0 Å². The van der Waals surface area contributed by atoms with Gasteiger partial charge < -0.3 is 5.32 Å². The molecular formula is C14H22BrNO. The first-order chi connectivity index (χ1) is 8.31. The molecular weight excluding hydrogens is 278 g/mol. The first kappa shape index (κ1) is 12.0. The van der Waals surface area contributed by atoms with E-state index in [0.717, 1.165) is 17.2 Å². The second-order valence-electron chi connectivity index (χ2n) is 6.10. The number of hydrogen-bond acceptors (Lipinski definition) is 1. The lowest BCUT2D eigenvalue weighted by Crippen LogP contribution is -2.39. The maximum Gasteiger partial charge on any atom is 0.223 e. The fourth-order valence-corrected chi connectivity index (χ4v) is 4.85. The molecule has 0 radical (unpaired) electrons. The lowest BCUT2D eigenvalue weighted by Gasteiger charge is -2.19. The van der Waals surface area contributed by atoms with Gasteiger partial charge in [0.05, 0.1) is 0 Å². The summed E-state index contributed by atoms with van der Waals surface area (Å²) in [7, 11) is 0. The van der Waals surface area contributed by atoms with Crippen molar-refractivity contribution < 1.29 is 4.79 Å². The predicted octanol–water partition coefficient (Wildman–Crippen LogP) is 3.10. The third-order valence-corrected chi connectivity index (χ3v) is 5.98. The lowest BCUT2D eigenvalue weighted by atomic mass is 10.0. The van der Waals surface area contributed by atoms with E-state index in [9.17, 15) is 4.79 Å². The van der Waals surface area contributed by atoms with E-state index in [2.05, 4.69) is 21.2 Å². The van der Waals surface area contributed by atoms with Gasteiger partial charge in [0.15, 0.2) is 0 Å². The fraction of sp³-hybridized carbons (Fsp3) is 0.929. The van der Waals surface area contributed by atoms with Gasteiger partial charge in [0.25, 0.3) is 0 Å². The summed E-state index contributed by atoms with van der Waals surface area (Å²) in [6, 6.07) is 0.449. The van der Waals surface area contributed by atoms with Crippen molar-refractivity contribution in [1.29, 1.82) is 0 Å². The van der Waals surface area contributed by atoms with Crippen LogP contribution in [0.3, 0.4) is 0 Å². The zero-order valence-corrected chi connectivity index (χ0v) is 11.9. The molecule has 3 heteroatoms. The third kappa shape index (κ3) is 2.27. The molecule has 4 atom stereocenters. The Morgan fingerprint density at radius 2 is 1.76 bits per heavy atom. The maximum absolute atomic E-state index is 12.3. The topological polar surface area (TPSA) is 29.1 Å². The normalized spacial score (nSPS) is 44.2. The lowest BCUT2D eigenvalue weighted by molar-refractivity contribution is -0.123. The molecule has 1 N–H and O–H groups in total. The van der Waals surface area contributed by atoms with Gasteiger partial charge in [0, 0.05) is 17.3 Å². The van der Waals surface area contributed by atoms with Crippen LogP contribution >= 0.6 is 15.9 Å². The second kappa shape index (κ2) is 4.91. The van der Waals surface area contributed by atoms with E-state index < -0.39 is 0 Å². The monoisotopic (exact) mass is 299 g/mol. The van der Waals surface area contributed by atoms with Crippen molar-refractivity contribution in [2.75, 3.05) is 5.33 Å². The summed E-state index contributed by atoms with van der Waals surface area (Å²) in [5, 5.41) is 4.37. The Kier molecular flexibility index (Phi) is 3.47. The van der Waals surface area contributed by atoms with Gasteiger partial charge in [-0.25, -0.2) is 0 Å². The summed E-state index contributed by atoms with van der Waals surface area (Å²) in [5.74, 6) is 2.91. The van der Waals surface area contributed by atoms with Gasteiger partial charge in [-0.2, -0.15) is 0 Å². The van der Waals surface area contributed by atoms with Gasteiger partial charge in [-0.15, -0.1) is 0 Å². The molecule has 96 valence electrons. The summed E-state index contributed by atoms with van der Waals surface area (Å²) in [5.41, 5.74) is 0. The number of fused-ring (bicyclic) bond motifs is 1. The number of alkyl halides is 1. The van der Waals surface area contributed by atoms with E-state index in [1.165, 1.54) is 44.9 Å². The van der Waals surface area contributed by atoms with Crippen molar-refractivity contribution in [3.05, 3.63) is 0 Å². The number of nitrogens with one attached hydrogen (secondary N) is 1. The highest BCUT2D eigenvalue weighted by molar-refractivity contribution is 9.09. The first-order valence-electron chi connectivity index (χ1n) is 7.17. The average molecular weight is 300 g/mol. The fourth-order valence-electron chi connectivity index (χ4n) is 4.07. The van der Waals surface area contributed by atoms with Gasteiger partial charge in [0.1, 0.15) is 0 Å². The molecule has 17 heavy (non-hydrogen) atoms. The second-order valence-corrected chi connectivity index (χ2v) is 6.75. The van der Waals surface area contributed by atoms with Crippen LogP contribution in [-0.2, 0) is 4.79 Å². The zero-order chi connectivity index (χ0) is 11.8. The van der Waals surface area contributed by atoms with Crippen LogP contribution in [0.1, 0.15) is 44.9 Å². The molecule has 1 amide bonds. The summed E-state index contributed by atoms with van der Waals surface area (Å²) in [6.45, 7) is 0. The molecule has 2 nitrogen and oxygen atoms in total. The molecule has 0 aromatic carbocycles. The van der Waals surface area contributed by atoms with Gasteiger partial charge in [-0.05, 0) is 43.4 Å². The van der Waals surface area contributed by atoms with Gasteiger partial charge in [0.2, 0.25) is 5.91 Å². The Hall–Kier alpha value is -0.0500. The molecule has 3 aliphatic carbocycles. The molecule has 3 aliphatic rings. The molecule has 4 unspecified atom stereocenters. The van der Waals surface area contributed by atoms with Crippen LogP contribution in [0.5, 0.6) is 0 Å². The van der Waals surface area contributed by atoms with E-state index in [1.54, 1.807) is 0 Å². The highest BCUT2D eigenvalue weighted by atomic mass is 79.9. The summed E-state index contributed by atoms with van der Waals surface area (Å²) in [4.78, 5) is 12.3. The van der Waals surface area contributed by atoms with Gasteiger partial charge in [-0.1, -0.05) is 35.2 Å². The van der Waals surface area contributed by atoms with E-state index in [4.69, 9.17) is 0 Å². The molecule has 0 saturated heterocycles.